The Kier molecular flexibility index (Phi) is 7.79. The number of amides is 2. The summed E-state index contributed by atoms with van der Waals surface area (Å²) >= 11 is 7.49. The minimum atomic E-state index is -3.16. The average Bonchev–Trinajstić information content (AvgIpc) is 3.29. The van der Waals surface area contributed by atoms with E-state index >= 15 is 0 Å². The predicted octanol–water partition coefficient (Wildman–Crippen LogP) is 2.64. The first-order valence-electron chi connectivity index (χ1n) is 10.3. The highest BCUT2D eigenvalue weighted by atomic mass is 35.5. The first-order chi connectivity index (χ1) is 15.1. The van der Waals surface area contributed by atoms with Crippen LogP contribution in [0.1, 0.15) is 36.4 Å². The number of halogens is 1. The van der Waals surface area contributed by atoms with E-state index in [-0.39, 0.29) is 17.5 Å². The summed E-state index contributed by atoms with van der Waals surface area (Å²) in [7, 11) is -3.16. The zero-order valence-electron chi connectivity index (χ0n) is 17.8. The summed E-state index contributed by atoms with van der Waals surface area (Å²) in [6.45, 7) is 2.80. The van der Waals surface area contributed by atoms with Crippen LogP contribution in [0.2, 0.25) is 5.02 Å². The van der Waals surface area contributed by atoms with Crippen molar-refractivity contribution in [2.24, 2.45) is 0 Å². The maximum atomic E-state index is 12.7. The van der Waals surface area contributed by atoms with Gasteiger partial charge in [0.1, 0.15) is 11.4 Å². The molecule has 3 rings (SSSR count). The molecule has 1 aliphatic rings. The molecule has 32 heavy (non-hydrogen) atoms. The summed E-state index contributed by atoms with van der Waals surface area (Å²) < 4.78 is 29.5. The lowest BCUT2D eigenvalue weighted by Crippen LogP contribution is -2.48. The maximum Gasteiger partial charge on any atom is 0.325 e. The zero-order valence-corrected chi connectivity index (χ0v) is 20.2. The molecule has 2 heterocycles. The summed E-state index contributed by atoms with van der Waals surface area (Å²) in [4.78, 5) is 39.0. The van der Waals surface area contributed by atoms with E-state index in [1.54, 1.807) is 0 Å². The van der Waals surface area contributed by atoms with Crippen LogP contribution in [-0.4, -0.2) is 67.8 Å². The molecule has 1 fully saturated rings. The number of sulfone groups is 1. The molecule has 0 bridgehead atoms. The summed E-state index contributed by atoms with van der Waals surface area (Å²) in [5.41, 5.74) is 0. The Hall–Kier alpha value is -2.17. The fourth-order valence-corrected chi connectivity index (χ4v) is 6.81. The highest BCUT2D eigenvalue weighted by Crippen LogP contribution is 2.34. The van der Waals surface area contributed by atoms with Crippen molar-refractivity contribution in [3.63, 3.8) is 0 Å². The van der Waals surface area contributed by atoms with E-state index in [2.05, 4.69) is 5.32 Å². The van der Waals surface area contributed by atoms with E-state index in [9.17, 15) is 22.8 Å². The van der Waals surface area contributed by atoms with Crippen molar-refractivity contribution in [2.75, 3.05) is 24.7 Å². The first-order valence-corrected chi connectivity index (χ1v) is 13.3. The van der Waals surface area contributed by atoms with Gasteiger partial charge in [0.15, 0.2) is 16.4 Å². The Morgan fingerprint density at radius 1 is 1.31 bits per heavy atom. The zero-order chi connectivity index (χ0) is 23.5. The number of fused-ring (bicyclic) bond motifs is 1. The van der Waals surface area contributed by atoms with Crippen molar-refractivity contribution in [1.82, 2.24) is 10.2 Å². The molecule has 0 spiro atoms. The van der Waals surface area contributed by atoms with Gasteiger partial charge in [-0.1, -0.05) is 36.7 Å². The standard InChI is InChI=1S/C21H25ClN2O6S2/c1-3-13(2)24(14-8-9-32(28,29)12-14)17(25)11-30-18(26)10-23-21(27)20-19(22)15-6-4-5-7-16(15)31-20/h4-7,13-14H,3,8-12H2,1-2H3,(H,23,27)/t13-,14-/m0/s1. The third-order valence-electron chi connectivity index (χ3n) is 5.45. The Morgan fingerprint density at radius 3 is 2.66 bits per heavy atom. The number of hydrogen-bond acceptors (Lipinski definition) is 7. The average molecular weight is 501 g/mol. The molecular weight excluding hydrogens is 476 g/mol. The largest absolute Gasteiger partial charge is 0.454 e. The molecule has 8 nitrogen and oxygen atoms in total. The smallest absolute Gasteiger partial charge is 0.325 e. The molecule has 2 aromatic rings. The van der Waals surface area contributed by atoms with Crippen molar-refractivity contribution < 1.29 is 27.5 Å². The third kappa shape index (κ3) is 5.60. The van der Waals surface area contributed by atoms with Gasteiger partial charge >= 0.3 is 5.97 Å². The van der Waals surface area contributed by atoms with Crippen LogP contribution >= 0.6 is 22.9 Å². The van der Waals surface area contributed by atoms with E-state index in [1.165, 1.54) is 16.2 Å². The summed E-state index contributed by atoms with van der Waals surface area (Å²) in [6.07, 6.45) is 1.01. The van der Waals surface area contributed by atoms with Crippen molar-refractivity contribution in [1.29, 1.82) is 0 Å². The van der Waals surface area contributed by atoms with Crippen LogP contribution in [0, 0.1) is 0 Å². The van der Waals surface area contributed by atoms with Crippen LogP contribution in [0.15, 0.2) is 24.3 Å². The number of thiophene rings is 1. The van der Waals surface area contributed by atoms with Crippen molar-refractivity contribution in [2.45, 2.75) is 38.8 Å². The number of esters is 1. The SMILES string of the molecule is CC[C@H](C)N(C(=O)COC(=O)CNC(=O)c1sc2ccccc2c1Cl)[C@H]1CCS(=O)(=O)C1. The Morgan fingerprint density at radius 2 is 2.03 bits per heavy atom. The Labute approximate surface area is 195 Å². The minimum Gasteiger partial charge on any atom is -0.454 e. The predicted molar refractivity (Wildman–Crippen MR) is 124 cm³/mol. The van der Waals surface area contributed by atoms with Gasteiger partial charge in [0.25, 0.3) is 11.8 Å². The molecule has 174 valence electrons. The number of ether oxygens (including phenoxy) is 1. The molecule has 1 aromatic heterocycles. The van der Waals surface area contributed by atoms with Crippen LogP contribution in [0.3, 0.4) is 0 Å². The van der Waals surface area contributed by atoms with Gasteiger partial charge in [-0.2, -0.15) is 0 Å². The lowest BCUT2D eigenvalue weighted by molar-refractivity contribution is -0.153. The van der Waals surface area contributed by atoms with Crippen LogP contribution in [0.4, 0.5) is 0 Å². The number of benzene rings is 1. The van der Waals surface area contributed by atoms with E-state index in [0.717, 1.165) is 10.1 Å². The number of nitrogens with one attached hydrogen (secondary N) is 1. The highest BCUT2D eigenvalue weighted by molar-refractivity contribution is 7.91. The number of hydrogen-bond donors (Lipinski definition) is 1. The number of nitrogens with zero attached hydrogens (tertiary/aromatic N) is 1. The normalized spacial score (nSPS) is 18.3. The minimum absolute atomic E-state index is 0.0456. The topological polar surface area (TPSA) is 110 Å². The fourth-order valence-electron chi connectivity index (χ4n) is 3.66. The molecule has 0 saturated carbocycles. The second-order valence-corrected chi connectivity index (χ2v) is 11.4. The van der Waals surface area contributed by atoms with Gasteiger partial charge in [0.2, 0.25) is 0 Å². The lowest BCUT2D eigenvalue weighted by Gasteiger charge is -2.33. The fraction of sp³-hybridized carbons (Fsp3) is 0.476. The van der Waals surface area contributed by atoms with Crippen LogP contribution in [0.5, 0.6) is 0 Å². The summed E-state index contributed by atoms with van der Waals surface area (Å²) in [5, 5.41) is 3.54. The van der Waals surface area contributed by atoms with E-state index in [0.29, 0.717) is 22.7 Å². The van der Waals surface area contributed by atoms with Gasteiger partial charge in [0, 0.05) is 22.2 Å². The van der Waals surface area contributed by atoms with E-state index < -0.39 is 46.8 Å². The number of carbonyl (C=O) groups excluding carboxylic acids is 3. The number of carbonyl (C=O) groups is 3. The molecule has 0 aliphatic carbocycles. The van der Waals surface area contributed by atoms with Gasteiger partial charge < -0.3 is 15.0 Å². The monoisotopic (exact) mass is 500 g/mol. The van der Waals surface area contributed by atoms with Crippen LogP contribution < -0.4 is 5.32 Å². The summed E-state index contributed by atoms with van der Waals surface area (Å²) in [6, 6.07) is 6.71. The van der Waals surface area contributed by atoms with Gasteiger partial charge in [-0.15, -0.1) is 11.3 Å². The molecule has 0 radical (unpaired) electrons. The maximum absolute atomic E-state index is 12.7. The lowest BCUT2D eigenvalue weighted by atomic mass is 10.1. The molecule has 1 aromatic carbocycles. The second kappa shape index (κ2) is 10.2. The molecule has 1 saturated heterocycles. The second-order valence-electron chi connectivity index (χ2n) is 7.70. The van der Waals surface area contributed by atoms with Gasteiger partial charge in [-0.25, -0.2) is 8.42 Å². The van der Waals surface area contributed by atoms with Crippen LogP contribution in [-0.2, 0) is 24.2 Å². The van der Waals surface area contributed by atoms with E-state index in [1.807, 2.05) is 38.1 Å². The van der Waals surface area contributed by atoms with Crippen molar-refractivity contribution >= 4 is 60.6 Å². The van der Waals surface area contributed by atoms with Gasteiger partial charge in [0.05, 0.1) is 16.5 Å². The quantitative estimate of drug-likeness (QED) is 0.558. The van der Waals surface area contributed by atoms with Crippen molar-refractivity contribution in [3.8, 4) is 0 Å². The van der Waals surface area contributed by atoms with Crippen molar-refractivity contribution in [3.05, 3.63) is 34.2 Å². The van der Waals surface area contributed by atoms with Crippen LogP contribution in [0.25, 0.3) is 10.1 Å². The van der Waals surface area contributed by atoms with Gasteiger partial charge in [-0.3, -0.25) is 14.4 Å². The van der Waals surface area contributed by atoms with Gasteiger partial charge in [-0.05, 0) is 25.8 Å². The summed E-state index contributed by atoms with van der Waals surface area (Å²) in [5.74, 6) is -1.76. The molecule has 2 atom stereocenters. The Bertz CT molecular complexity index is 1130. The van der Waals surface area contributed by atoms with E-state index in [4.69, 9.17) is 16.3 Å². The highest BCUT2D eigenvalue weighted by Gasteiger charge is 2.36. The molecular formula is C21H25ClN2O6S2. The Balaban J connectivity index is 1.54. The molecule has 1 aliphatic heterocycles. The molecule has 0 unspecified atom stereocenters. The molecule has 2 amide bonds. The first kappa shape index (κ1) is 24.5. The number of rotatable bonds is 8. The molecule has 1 N–H and O–H groups in total. The third-order valence-corrected chi connectivity index (χ3v) is 8.87. The molecule has 11 heteroatoms.